The first-order valence-electron chi connectivity index (χ1n) is 28.4. The molecule has 0 spiro atoms. The van der Waals surface area contributed by atoms with Crippen LogP contribution in [0, 0.1) is 0 Å². The monoisotopic (exact) mass is 912 g/mol. The Morgan fingerprint density at radius 3 is 1.18 bits per heavy atom. The number of unbranched alkanes of at least 4 members (excludes halogenated alkanes) is 36. The molecule has 0 aliphatic carbocycles. The van der Waals surface area contributed by atoms with Gasteiger partial charge >= 0.3 is 5.97 Å². The third-order valence-corrected chi connectivity index (χ3v) is 12.8. The summed E-state index contributed by atoms with van der Waals surface area (Å²) >= 11 is 0. The van der Waals surface area contributed by atoms with Gasteiger partial charge in [0.15, 0.2) is 0 Å². The lowest BCUT2D eigenvalue weighted by Crippen LogP contribution is -2.45. The Balaban J connectivity index is 3.56. The Morgan fingerprint density at radius 1 is 0.431 bits per heavy atom. The van der Waals surface area contributed by atoms with Gasteiger partial charge < -0.3 is 20.3 Å². The molecule has 380 valence electrons. The van der Waals surface area contributed by atoms with Gasteiger partial charge in [-0.25, -0.2) is 0 Å². The van der Waals surface area contributed by atoms with E-state index in [2.05, 4.69) is 55.6 Å². The first-order valence-corrected chi connectivity index (χ1v) is 28.4. The summed E-state index contributed by atoms with van der Waals surface area (Å²) in [6.45, 7) is 4.84. The molecule has 0 bridgehead atoms. The summed E-state index contributed by atoms with van der Waals surface area (Å²) in [6.07, 6.45) is 68.4. The van der Waals surface area contributed by atoms with E-state index >= 15 is 0 Å². The summed E-state index contributed by atoms with van der Waals surface area (Å²) in [5.41, 5.74) is 0. The lowest BCUT2D eigenvalue weighted by atomic mass is 10.0. The molecular weight excluding hydrogens is 803 g/mol. The zero-order valence-electron chi connectivity index (χ0n) is 43.2. The van der Waals surface area contributed by atoms with E-state index in [1.807, 2.05) is 6.08 Å². The lowest BCUT2D eigenvalue weighted by molar-refractivity contribution is -0.143. The van der Waals surface area contributed by atoms with Crippen LogP contribution in [0.25, 0.3) is 0 Å². The van der Waals surface area contributed by atoms with E-state index in [0.29, 0.717) is 19.4 Å². The van der Waals surface area contributed by atoms with Gasteiger partial charge in [-0.2, -0.15) is 0 Å². The molecule has 0 saturated carbocycles. The molecule has 2 atom stereocenters. The predicted molar refractivity (Wildman–Crippen MR) is 282 cm³/mol. The standard InChI is InChI=1S/C59H109NO5/c1-3-5-7-9-11-13-15-17-19-20-21-22-24-27-31-35-39-43-47-51-57(62)56(55-61)60-58(63)52-48-44-40-36-32-28-25-23-26-30-34-38-42-46-50-54-65-59(64)53-49-45-41-37-33-29-18-16-14-12-10-8-6-4-2/h16,18,23,26,30,34,47,51,56-57,61-62H,3-15,17,19-22,24-25,27-29,31-33,35-46,48-50,52-55H2,1-2H3,(H,60,63)/b18-16-,26-23-,34-30-,51-47+. The molecule has 0 fully saturated rings. The molecule has 1 amide bonds. The summed E-state index contributed by atoms with van der Waals surface area (Å²) in [4.78, 5) is 24.5. The number of amides is 1. The smallest absolute Gasteiger partial charge is 0.305 e. The number of hydrogen-bond acceptors (Lipinski definition) is 5. The topological polar surface area (TPSA) is 95.9 Å². The maximum absolute atomic E-state index is 12.5. The van der Waals surface area contributed by atoms with E-state index in [4.69, 9.17) is 4.74 Å². The number of aliphatic hydroxyl groups is 2. The van der Waals surface area contributed by atoms with Crippen molar-refractivity contribution in [3.63, 3.8) is 0 Å². The number of aliphatic hydroxyl groups excluding tert-OH is 2. The number of hydrogen-bond donors (Lipinski definition) is 3. The first-order chi connectivity index (χ1) is 32.0. The Morgan fingerprint density at radius 2 is 0.769 bits per heavy atom. The molecule has 6 heteroatoms. The predicted octanol–water partition coefficient (Wildman–Crippen LogP) is 17.4. The van der Waals surface area contributed by atoms with Crippen molar-refractivity contribution in [3.8, 4) is 0 Å². The second kappa shape index (κ2) is 54.4. The molecule has 0 radical (unpaired) electrons. The van der Waals surface area contributed by atoms with E-state index in [9.17, 15) is 19.8 Å². The van der Waals surface area contributed by atoms with Gasteiger partial charge in [0.25, 0.3) is 0 Å². The highest BCUT2D eigenvalue weighted by Crippen LogP contribution is 2.16. The minimum atomic E-state index is -0.860. The summed E-state index contributed by atoms with van der Waals surface area (Å²) < 4.78 is 5.44. The van der Waals surface area contributed by atoms with Crippen molar-refractivity contribution < 1.29 is 24.5 Å². The van der Waals surface area contributed by atoms with E-state index in [1.165, 1.54) is 186 Å². The van der Waals surface area contributed by atoms with Crippen molar-refractivity contribution in [1.29, 1.82) is 0 Å². The fourth-order valence-corrected chi connectivity index (χ4v) is 8.44. The second-order valence-electron chi connectivity index (χ2n) is 19.3. The minimum Gasteiger partial charge on any atom is -0.466 e. The minimum absolute atomic E-state index is 0.0318. The van der Waals surface area contributed by atoms with Crippen LogP contribution in [-0.4, -0.2) is 47.4 Å². The molecule has 0 saturated heterocycles. The van der Waals surface area contributed by atoms with Crippen molar-refractivity contribution in [2.75, 3.05) is 13.2 Å². The molecule has 6 nitrogen and oxygen atoms in total. The number of ether oxygens (including phenoxy) is 1. The highest BCUT2D eigenvalue weighted by atomic mass is 16.5. The fraction of sp³-hybridized carbons (Fsp3) is 0.831. The van der Waals surface area contributed by atoms with E-state index in [0.717, 1.165) is 77.0 Å². The van der Waals surface area contributed by atoms with Crippen LogP contribution in [0.2, 0.25) is 0 Å². The van der Waals surface area contributed by atoms with Gasteiger partial charge in [0.05, 0.1) is 25.4 Å². The molecule has 0 rings (SSSR count). The van der Waals surface area contributed by atoms with Crippen LogP contribution in [0.1, 0.15) is 290 Å². The third-order valence-electron chi connectivity index (χ3n) is 12.8. The van der Waals surface area contributed by atoms with Gasteiger partial charge in [-0.1, -0.05) is 236 Å². The van der Waals surface area contributed by atoms with Crippen LogP contribution < -0.4 is 5.32 Å². The lowest BCUT2D eigenvalue weighted by Gasteiger charge is -2.20. The van der Waals surface area contributed by atoms with Crippen molar-refractivity contribution >= 4 is 11.9 Å². The van der Waals surface area contributed by atoms with Crippen molar-refractivity contribution in [2.24, 2.45) is 0 Å². The number of nitrogens with one attached hydrogen (secondary N) is 1. The van der Waals surface area contributed by atoms with Gasteiger partial charge in [0.2, 0.25) is 5.91 Å². The molecule has 0 aromatic heterocycles. The van der Waals surface area contributed by atoms with Gasteiger partial charge in [-0.15, -0.1) is 0 Å². The third kappa shape index (κ3) is 51.1. The molecule has 0 aromatic rings. The molecule has 0 heterocycles. The van der Waals surface area contributed by atoms with Crippen LogP contribution in [0.5, 0.6) is 0 Å². The summed E-state index contributed by atoms with van der Waals surface area (Å²) in [5, 5.41) is 23.1. The average Bonchev–Trinajstić information content (AvgIpc) is 3.31. The Hall–Kier alpha value is -2.18. The Bertz CT molecular complexity index is 1100. The van der Waals surface area contributed by atoms with Crippen LogP contribution in [-0.2, 0) is 14.3 Å². The van der Waals surface area contributed by atoms with Gasteiger partial charge in [0, 0.05) is 12.8 Å². The number of carbonyl (C=O) groups is 2. The van der Waals surface area contributed by atoms with Crippen LogP contribution in [0.15, 0.2) is 48.6 Å². The van der Waals surface area contributed by atoms with Gasteiger partial charge in [0.1, 0.15) is 0 Å². The summed E-state index contributed by atoms with van der Waals surface area (Å²) in [7, 11) is 0. The Kier molecular flexibility index (Phi) is 52.6. The van der Waals surface area contributed by atoms with E-state index in [-0.39, 0.29) is 18.5 Å². The molecule has 0 aromatic carbocycles. The normalized spacial score (nSPS) is 13.0. The summed E-state index contributed by atoms with van der Waals surface area (Å²) in [5.74, 6) is -0.122. The van der Waals surface area contributed by atoms with Crippen LogP contribution >= 0.6 is 0 Å². The van der Waals surface area contributed by atoms with E-state index < -0.39 is 12.1 Å². The Labute approximate surface area is 404 Å². The SMILES string of the molecule is CCCCCCC/C=C\CCCCCCCC(=O)OCCCCC/C=C\C=C/CCCCCCCCC(=O)NC(CO)C(O)/C=C/CCCCCCCCCCCCCCCCCCC. The van der Waals surface area contributed by atoms with Crippen LogP contribution in [0.3, 0.4) is 0 Å². The molecule has 3 N–H and O–H groups in total. The number of carbonyl (C=O) groups excluding carboxylic acids is 2. The zero-order chi connectivity index (χ0) is 47.2. The second-order valence-corrected chi connectivity index (χ2v) is 19.3. The number of rotatable bonds is 52. The maximum Gasteiger partial charge on any atom is 0.305 e. The number of esters is 1. The molecule has 2 unspecified atom stereocenters. The van der Waals surface area contributed by atoms with Gasteiger partial charge in [-0.05, 0) is 89.9 Å². The summed E-state index contributed by atoms with van der Waals surface area (Å²) in [6, 6.07) is -0.646. The number of allylic oxidation sites excluding steroid dienone is 7. The highest BCUT2D eigenvalue weighted by Gasteiger charge is 2.18. The largest absolute Gasteiger partial charge is 0.466 e. The van der Waals surface area contributed by atoms with E-state index in [1.54, 1.807) is 6.08 Å². The van der Waals surface area contributed by atoms with Crippen molar-refractivity contribution in [2.45, 2.75) is 302 Å². The maximum atomic E-state index is 12.5. The van der Waals surface area contributed by atoms with Crippen LogP contribution in [0.4, 0.5) is 0 Å². The molecule has 0 aliphatic rings. The fourth-order valence-electron chi connectivity index (χ4n) is 8.44. The average molecular weight is 913 g/mol. The molecule has 65 heavy (non-hydrogen) atoms. The van der Waals surface area contributed by atoms with Gasteiger partial charge in [-0.3, -0.25) is 9.59 Å². The quantitative estimate of drug-likeness (QED) is 0.0245. The first kappa shape index (κ1) is 62.8. The van der Waals surface area contributed by atoms with Crippen molar-refractivity contribution in [1.82, 2.24) is 5.32 Å². The molecule has 0 aliphatic heterocycles. The highest BCUT2D eigenvalue weighted by molar-refractivity contribution is 5.76. The zero-order valence-corrected chi connectivity index (χ0v) is 43.2. The van der Waals surface area contributed by atoms with Crippen molar-refractivity contribution in [3.05, 3.63) is 48.6 Å². The molecular formula is C59H109NO5.